The number of aliphatic imine (C=N–C) groups is 1. The van der Waals surface area contributed by atoms with Crippen LogP contribution in [-0.2, 0) is 15.1 Å². The van der Waals surface area contributed by atoms with E-state index in [1.807, 2.05) is 0 Å². The van der Waals surface area contributed by atoms with Gasteiger partial charge >= 0.3 is 6.09 Å². The third-order valence-electron chi connectivity index (χ3n) is 3.33. The van der Waals surface area contributed by atoms with Crippen LogP contribution in [0.5, 0.6) is 5.75 Å². The van der Waals surface area contributed by atoms with Crippen molar-refractivity contribution in [2.75, 3.05) is 12.4 Å². The van der Waals surface area contributed by atoms with E-state index in [9.17, 15) is 9.59 Å². The van der Waals surface area contributed by atoms with E-state index in [-0.39, 0.29) is 0 Å². The maximum Gasteiger partial charge on any atom is 0.412 e. The zero-order chi connectivity index (χ0) is 16.4. The van der Waals surface area contributed by atoms with E-state index in [0.717, 1.165) is 18.4 Å². The van der Waals surface area contributed by atoms with Crippen LogP contribution in [0.15, 0.2) is 23.2 Å². The van der Waals surface area contributed by atoms with Gasteiger partial charge < -0.3 is 9.47 Å². The fourth-order valence-corrected chi connectivity index (χ4v) is 2.22. The van der Waals surface area contributed by atoms with E-state index < -0.39 is 17.2 Å². The Morgan fingerprint density at radius 3 is 2.55 bits per heavy atom. The van der Waals surface area contributed by atoms with E-state index >= 15 is 0 Å². The van der Waals surface area contributed by atoms with Crippen molar-refractivity contribution >= 4 is 17.9 Å². The zero-order valence-corrected chi connectivity index (χ0v) is 13.2. The molecular formula is C16H20N2O4. The van der Waals surface area contributed by atoms with Crippen molar-refractivity contribution in [1.82, 2.24) is 0 Å². The molecule has 0 spiro atoms. The molecule has 1 aliphatic rings. The van der Waals surface area contributed by atoms with Gasteiger partial charge in [0.2, 0.25) is 6.08 Å². The molecule has 1 aromatic carbocycles. The van der Waals surface area contributed by atoms with Gasteiger partial charge in [0, 0.05) is 17.3 Å². The van der Waals surface area contributed by atoms with Crippen LogP contribution in [-0.4, -0.2) is 24.9 Å². The monoisotopic (exact) mass is 304 g/mol. The molecule has 22 heavy (non-hydrogen) atoms. The van der Waals surface area contributed by atoms with Gasteiger partial charge in [-0.3, -0.25) is 5.32 Å². The van der Waals surface area contributed by atoms with Crippen LogP contribution in [0.3, 0.4) is 0 Å². The van der Waals surface area contributed by atoms with E-state index in [2.05, 4.69) is 10.3 Å². The molecule has 0 aromatic heterocycles. The first-order chi connectivity index (χ1) is 10.3. The summed E-state index contributed by atoms with van der Waals surface area (Å²) in [6, 6.07) is 5.24. The molecule has 1 saturated carbocycles. The first-order valence-electron chi connectivity index (χ1n) is 7.07. The normalized spacial score (nSPS) is 15.5. The van der Waals surface area contributed by atoms with Crippen LogP contribution in [0.1, 0.15) is 39.2 Å². The summed E-state index contributed by atoms with van der Waals surface area (Å²) in [5, 5.41) is 2.66. The maximum absolute atomic E-state index is 11.8. The van der Waals surface area contributed by atoms with Gasteiger partial charge in [0.1, 0.15) is 16.9 Å². The number of carbonyl (C=O) groups excluding carboxylic acids is 2. The molecule has 6 nitrogen and oxygen atoms in total. The van der Waals surface area contributed by atoms with E-state index in [4.69, 9.17) is 9.47 Å². The third-order valence-corrected chi connectivity index (χ3v) is 3.33. The third kappa shape index (κ3) is 3.65. The van der Waals surface area contributed by atoms with Crippen LogP contribution < -0.4 is 10.1 Å². The predicted octanol–water partition coefficient (Wildman–Crippen LogP) is 3.37. The molecular weight excluding hydrogens is 284 g/mol. The number of carbonyl (C=O) groups is 1. The lowest BCUT2D eigenvalue weighted by atomic mass is 10.0. The summed E-state index contributed by atoms with van der Waals surface area (Å²) >= 11 is 0. The summed E-state index contributed by atoms with van der Waals surface area (Å²) < 4.78 is 10.6. The lowest BCUT2D eigenvalue weighted by molar-refractivity contribution is 0.0636. The number of amides is 1. The summed E-state index contributed by atoms with van der Waals surface area (Å²) in [5.74, 6) is 0.574. The highest BCUT2D eigenvalue weighted by Gasteiger charge is 2.46. The van der Waals surface area contributed by atoms with Crippen molar-refractivity contribution in [2.24, 2.45) is 4.99 Å². The minimum atomic E-state index is -0.565. The second-order valence-electron chi connectivity index (χ2n) is 6.28. The van der Waals surface area contributed by atoms with Crippen LogP contribution >= 0.6 is 0 Å². The number of hydrogen-bond donors (Lipinski definition) is 1. The first kappa shape index (κ1) is 16.0. The van der Waals surface area contributed by atoms with Crippen molar-refractivity contribution in [3.8, 4) is 5.75 Å². The fourth-order valence-electron chi connectivity index (χ4n) is 2.22. The summed E-state index contributed by atoms with van der Waals surface area (Å²) in [4.78, 5) is 26.2. The number of ether oxygens (including phenoxy) is 2. The van der Waals surface area contributed by atoms with Gasteiger partial charge in [0.15, 0.2) is 0 Å². The summed E-state index contributed by atoms with van der Waals surface area (Å²) in [6.45, 7) is 5.39. The minimum absolute atomic E-state index is 0.516. The quantitative estimate of drug-likeness (QED) is 0.683. The lowest BCUT2D eigenvalue weighted by Crippen LogP contribution is -2.27. The molecule has 1 amide bonds. The molecule has 6 heteroatoms. The Labute approximate surface area is 129 Å². The number of hydrogen-bond acceptors (Lipinski definition) is 5. The number of rotatable bonds is 4. The highest BCUT2D eigenvalue weighted by atomic mass is 16.6. The topological polar surface area (TPSA) is 77.0 Å². The predicted molar refractivity (Wildman–Crippen MR) is 81.9 cm³/mol. The first-order valence-corrected chi connectivity index (χ1v) is 7.07. The number of nitrogens with one attached hydrogen (secondary N) is 1. The van der Waals surface area contributed by atoms with E-state index in [1.54, 1.807) is 45.1 Å². The summed E-state index contributed by atoms with van der Waals surface area (Å²) in [7, 11) is 1.54. The van der Waals surface area contributed by atoms with Crippen LogP contribution in [0.4, 0.5) is 10.5 Å². The summed E-state index contributed by atoms with van der Waals surface area (Å²) in [6.07, 6.45) is 2.67. The SMILES string of the molecule is COc1cc(NC(=O)OC(C)(C)C)ccc1C1(N=C=O)CC1. The fraction of sp³-hybridized carbons (Fsp3) is 0.500. The smallest absolute Gasteiger partial charge is 0.412 e. The summed E-state index contributed by atoms with van der Waals surface area (Å²) in [5.41, 5.74) is 0.302. The Morgan fingerprint density at radius 2 is 2.05 bits per heavy atom. The van der Waals surface area contributed by atoms with Gasteiger partial charge in [-0.2, -0.15) is 4.99 Å². The Hall–Kier alpha value is -2.33. The Morgan fingerprint density at radius 1 is 1.36 bits per heavy atom. The standard InChI is InChI=1S/C16H20N2O4/c1-15(2,3)22-14(20)18-11-5-6-12(13(9-11)21-4)16(7-8-16)17-10-19/h5-6,9H,7-8H2,1-4H3,(H,18,20). The van der Waals surface area contributed by atoms with Crippen molar-refractivity contribution < 1.29 is 19.1 Å². The Balaban J connectivity index is 2.20. The van der Waals surface area contributed by atoms with Gasteiger partial charge in [-0.1, -0.05) is 6.07 Å². The van der Waals surface area contributed by atoms with Crippen molar-refractivity contribution in [3.63, 3.8) is 0 Å². The molecule has 0 unspecified atom stereocenters. The molecule has 0 aliphatic heterocycles. The van der Waals surface area contributed by atoms with E-state index in [0.29, 0.717) is 11.4 Å². The molecule has 0 saturated heterocycles. The molecule has 0 bridgehead atoms. The minimum Gasteiger partial charge on any atom is -0.496 e. The van der Waals surface area contributed by atoms with Gasteiger partial charge in [-0.05, 0) is 39.7 Å². The second kappa shape index (κ2) is 5.81. The van der Waals surface area contributed by atoms with Gasteiger partial charge in [-0.15, -0.1) is 0 Å². The lowest BCUT2D eigenvalue weighted by Gasteiger charge is -2.20. The second-order valence-corrected chi connectivity index (χ2v) is 6.28. The van der Waals surface area contributed by atoms with Crippen LogP contribution in [0, 0.1) is 0 Å². The van der Waals surface area contributed by atoms with Crippen molar-refractivity contribution in [1.29, 1.82) is 0 Å². The largest absolute Gasteiger partial charge is 0.496 e. The molecule has 118 valence electrons. The van der Waals surface area contributed by atoms with Crippen molar-refractivity contribution in [3.05, 3.63) is 23.8 Å². The highest BCUT2D eigenvalue weighted by molar-refractivity contribution is 5.85. The van der Waals surface area contributed by atoms with Gasteiger partial charge in [0.25, 0.3) is 0 Å². The maximum atomic E-state index is 11.8. The highest BCUT2D eigenvalue weighted by Crippen LogP contribution is 2.52. The van der Waals surface area contributed by atoms with Crippen LogP contribution in [0.2, 0.25) is 0 Å². The number of nitrogens with zero attached hydrogens (tertiary/aromatic N) is 1. The zero-order valence-electron chi connectivity index (χ0n) is 13.2. The van der Waals surface area contributed by atoms with Crippen LogP contribution in [0.25, 0.3) is 0 Å². The molecule has 1 aliphatic carbocycles. The number of anilines is 1. The molecule has 2 rings (SSSR count). The Kier molecular flexibility index (Phi) is 4.24. The molecule has 0 heterocycles. The molecule has 0 radical (unpaired) electrons. The Bertz CT molecular complexity index is 624. The molecule has 1 aromatic rings. The number of methoxy groups -OCH3 is 1. The average molecular weight is 304 g/mol. The molecule has 0 atom stereocenters. The van der Waals surface area contributed by atoms with E-state index in [1.165, 1.54) is 7.11 Å². The van der Waals surface area contributed by atoms with Gasteiger partial charge in [-0.25, -0.2) is 9.59 Å². The van der Waals surface area contributed by atoms with Crippen molar-refractivity contribution in [2.45, 2.75) is 44.8 Å². The number of isocyanates is 1. The van der Waals surface area contributed by atoms with Gasteiger partial charge in [0.05, 0.1) is 7.11 Å². The number of benzene rings is 1. The molecule has 1 N–H and O–H groups in total. The molecule has 1 fully saturated rings. The average Bonchev–Trinajstić information content (AvgIpc) is 3.17.